The zero-order chi connectivity index (χ0) is 13.4. The van der Waals surface area contributed by atoms with E-state index in [9.17, 15) is 13.5 Å². The minimum atomic E-state index is -2.89. The standard InChI is InChI=1S/C14H22O3S/c1-2-18(16,17)12-6-9-14(15)11-10-13-7-4-3-5-8-13/h3-5,7-8,14-15H,2,6,9-12H2,1H3. The Kier molecular flexibility index (Phi) is 6.36. The lowest BCUT2D eigenvalue weighted by molar-refractivity contribution is 0.154. The summed E-state index contributed by atoms with van der Waals surface area (Å²) in [6.45, 7) is 1.65. The molecule has 0 aliphatic heterocycles. The highest BCUT2D eigenvalue weighted by Gasteiger charge is 2.10. The van der Waals surface area contributed by atoms with E-state index in [1.165, 1.54) is 5.56 Å². The van der Waals surface area contributed by atoms with Crippen molar-refractivity contribution in [1.82, 2.24) is 0 Å². The second-order valence-corrected chi connectivity index (χ2v) is 7.03. The van der Waals surface area contributed by atoms with Crippen molar-refractivity contribution < 1.29 is 13.5 Å². The van der Waals surface area contributed by atoms with Gasteiger partial charge in [0.2, 0.25) is 0 Å². The number of hydrogen-bond acceptors (Lipinski definition) is 3. The van der Waals surface area contributed by atoms with Crippen LogP contribution in [0.5, 0.6) is 0 Å². The summed E-state index contributed by atoms with van der Waals surface area (Å²) < 4.78 is 22.6. The molecule has 0 spiro atoms. The maximum absolute atomic E-state index is 11.3. The summed E-state index contributed by atoms with van der Waals surface area (Å²) in [7, 11) is -2.89. The van der Waals surface area contributed by atoms with Crippen LogP contribution in [0.15, 0.2) is 30.3 Å². The van der Waals surface area contributed by atoms with Crippen LogP contribution in [0.1, 0.15) is 31.7 Å². The minimum absolute atomic E-state index is 0.186. The first kappa shape index (κ1) is 15.2. The predicted molar refractivity (Wildman–Crippen MR) is 74.3 cm³/mol. The Balaban J connectivity index is 2.20. The normalized spacial score (nSPS) is 13.4. The predicted octanol–water partition coefficient (Wildman–Crippen LogP) is 2.20. The second kappa shape index (κ2) is 7.54. The van der Waals surface area contributed by atoms with Gasteiger partial charge in [-0.2, -0.15) is 0 Å². The lowest BCUT2D eigenvalue weighted by Crippen LogP contribution is -2.13. The Hall–Kier alpha value is -0.870. The molecule has 0 amide bonds. The molecule has 0 heterocycles. The third kappa shape index (κ3) is 6.17. The highest BCUT2D eigenvalue weighted by Crippen LogP contribution is 2.09. The summed E-state index contributed by atoms with van der Waals surface area (Å²) in [4.78, 5) is 0. The molecular weight excluding hydrogens is 248 g/mol. The van der Waals surface area contributed by atoms with Gasteiger partial charge in [-0.05, 0) is 31.2 Å². The van der Waals surface area contributed by atoms with Crippen molar-refractivity contribution in [3.63, 3.8) is 0 Å². The molecule has 0 aliphatic carbocycles. The van der Waals surface area contributed by atoms with Gasteiger partial charge in [-0.3, -0.25) is 0 Å². The number of sulfone groups is 1. The molecule has 0 fully saturated rings. The smallest absolute Gasteiger partial charge is 0.150 e. The molecule has 0 radical (unpaired) electrons. The average Bonchev–Trinajstić information content (AvgIpc) is 2.37. The molecule has 0 aliphatic rings. The van der Waals surface area contributed by atoms with Gasteiger partial charge >= 0.3 is 0 Å². The Bertz CT molecular complexity index is 426. The molecule has 0 aromatic heterocycles. The lowest BCUT2D eigenvalue weighted by Gasteiger charge is -2.10. The van der Waals surface area contributed by atoms with Gasteiger partial charge in [0.25, 0.3) is 0 Å². The third-order valence-corrected chi connectivity index (χ3v) is 4.83. The highest BCUT2D eigenvalue weighted by atomic mass is 32.2. The third-order valence-electron chi connectivity index (χ3n) is 3.04. The quantitative estimate of drug-likeness (QED) is 0.788. The molecule has 1 aromatic rings. The molecular formula is C14H22O3S. The Labute approximate surface area is 110 Å². The number of aliphatic hydroxyl groups excluding tert-OH is 1. The van der Waals surface area contributed by atoms with Crippen molar-refractivity contribution >= 4 is 9.84 Å². The fourth-order valence-corrected chi connectivity index (χ4v) is 2.70. The van der Waals surface area contributed by atoms with Crippen LogP contribution in [0.25, 0.3) is 0 Å². The molecule has 1 aromatic carbocycles. The van der Waals surface area contributed by atoms with E-state index in [1.54, 1.807) is 6.92 Å². The van der Waals surface area contributed by atoms with Gasteiger partial charge in [0, 0.05) is 5.75 Å². The lowest BCUT2D eigenvalue weighted by atomic mass is 10.0. The van der Waals surface area contributed by atoms with E-state index < -0.39 is 15.9 Å². The molecule has 1 N–H and O–H groups in total. The van der Waals surface area contributed by atoms with E-state index in [4.69, 9.17) is 0 Å². The van der Waals surface area contributed by atoms with Crippen molar-refractivity contribution in [1.29, 1.82) is 0 Å². The van der Waals surface area contributed by atoms with Gasteiger partial charge in [-0.1, -0.05) is 37.3 Å². The van der Waals surface area contributed by atoms with Crippen molar-refractivity contribution in [2.45, 2.75) is 38.7 Å². The molecule has 102 valence electrons. The zero-order valence-corrected chi connectivity index (χ0v) is 11.7. The second-order valence-electron chi connectivity index (χ2n) is 4.56. The first-order valence-electron chi connectivity index (χ1n) is 6.46. The first-order valence-corrected chi connectivity index (χ1v) is 8.28. The molecule has 3 nitrogen and oxygen atoms in total. The number of rotatable bonds is 8. The summed E-state index contributed by atoms with van der Waals surface area (Å²) in [5.41, 5.74) is 1.21. The minimum Gasteiger partial charge on any atom is -0.393 e. The fourth-order valence-electron chi connectivity index (χ4n) is 1.81. The molecule has 1 unspecified atom stereocenters. The van der Waals surface area contributed by atoms with Crippen LogP contribution in [0, 0.1) is 0 Å². The van der Waals surface area contributed by atoms with Gasteiger partial charge < -0.3 is 5.11 Å². The summed E-state index contributed by atoms with van der Waals surface area (Å²) in [6.07, 6.45) is 2.23. The van der Waals surface area contributed by atoms with Crippen LogP contribution in [0.2, 0.25) is 0 Å². The van der Waals surface area contributed by atoms with E-state index in [-0.39, 0.29) is 11.5 Å². The van der Waals surface area contributed by atoms with E-state index in [0.29, 0.717) is 19.3 Å². The molecule has 1 atom stereocenters. The monoisotopic (exact) mass is 270 g/mol. The van der Waals surface area contributed by atoms with E-state index in [0.717, 1.165) is 6.42 Å². The Morgan fingerprint density at radius 3 is 2.44 bits per heavy atom. The van der Waals surface area contributed by atoms with Crippen molar-refractivity contribution in [3.8, 4) is 0 Å². The summed E-state index contributed by atoms with van der Waals surface area (Å²) in [6, 6.07) is 10.0. The summed E-state index contributed by atoms with van der Waals surface area (Å²) in [5, 5.41) is 9.79. The first-order chi connectivity index (χ1) is 8.53. The molecule has 0 saturated carbocycles. The fraction of sp³-hybridized carbons (Fsp3) is 0.571. The molecule has 4 heteroatoms. The maximum Gasteiger partial charge on any atom is 0.150 e. The van der Waals surface area contributed by atoms with Crippen LogP contribution >= 0.6 is 0 Å². The van der Waals surface area contributed by atoms with Crippen LogP contribution in [-0.2, 0) is 16.3 Å². The van der Waals surface area contributed by atoms with Crippen molar-refractivity contribution in [2.75, 3.05) is 11.5 Å². The summed E-state index contributed by atoms with van der Waals surface area (Å²) in [5.74, 6) is 0.374. The Morgan fingerprint density at radius 2 is 1.83 bits per heavy atom. The van der Waals surface area contributed by atoms with Gasteiger partial charge in [-0.15, -0.1) is 0 Å². The number of hydrogen-bond donors (Lipinski definition) is 1. The average molecular weight is 270 g/mol. The molecule has 18 heavy (non-hydrogen) atoms. The van der Waals surface area contributed by atoms with Gasteiger partial charge in [0.15, 0.2) is 0 Å². The van der Waals surface area contributed by atoms with Gasteiger partial charge in [0.05, 0.1) is 11.9 Å². The van der Waals surface area contributed by atoms with Crippen LogP contribution in [0.3, 0.4) is 0 Å². The maximum atomic E-state index is 11.3. The Morgan fingerprint density at radius 1 is 1.17 bits per heavy atom. The largest absolute Gasteiger partial charge is 0.393 e. The van der Waals surface area contributed by atoms with Crippen LogP contribution in [-0.4, -0.2) is 31.1 Å². The van der Waals surface area contributed by atoms with Crippen LogP contribution < -0.4 is 0 Å². The van der Waals surface area contributed by atoms with Crippen molar-refractivity contribution in [2.24, 2.45) is 0 Å². The molecule has 1 rings (SSSR count). The number of benzene rings is 1. The number of aryl methyl sites for hydroxylation is 1. The highest BCUT2D eigenvalue weighted by molar-refractivity contribution is 7.91. The number of aliphatic hydroxyl groups is 1. The van der Waals surface area contributed by atoms with Gasteiger partial charge in [0.1, 0.15) is 9.84 Å². The topological polar surface area (TPSA) is 54.4 Å². The zero-order valence-electron chi connectivity index (χ0n) is 10.9. The van der Waals surface area contributed by atoms with Gasteiger partial charge in [-0.25, -0.2) is 8.42 Å². The molecule has 0 bridgehead atoms. The van der Waals surface area contributed by atoms with Crippen LogP contribution in [0.4, 0.5) is 0 Å². The molecule has 0 saturated heterocycles. The summed E-state index contributed by atoms with van der Waals surface area (Å²) >= 11 is 0. The van der Waals surface area contributed by atoms with Crippen molar-refractivity contribution in [3.05, 3.63) is 35.9 Å². The van der Waals surface area contributed by atoms with E-state index in [2.05, 4.69) is 0 Å². The van der Waals surface area contributed by atoms with E-state index >= 15 is 0 Å². The van der Waals surface area contributed by atoms with E-state index in [1.807, 2.05) is 30.3 Å². The SMILES string of the molecule is CCS(=O)(=O)CCCC(O)CCc1ccccc1.